The first kappa shape index (κ1) is 16.1. The molecule has 3 N–H and O–H groups in total. The maximum Gasteiger partial charge on any atom is 0.326 e. The predicted molar refractivity (Wildman–Crippen MR) is 77.6 cm³/mol. The second-order valence-corrected chi connectivity index (χ2v) is 6.04. The highest BCUT2D eigenvalue weighted by atomic mass is 32.2. The molecule has 0 aliphatic heterocycles. The van der Waals surface area contributed by atoms with Gasteiger partial charge in [-0.05, 0) is 25.5 Å². The molecular weight excluding hydrogens is 264 g/mol. The predicted octanol–water partition coefficient (Wildman–Crippen LogP) is 2.21. The van der Waals surface area contributed by atoms with Crippen molar-refractivity contribution < 1.29 is 14.7 Å². The second kappa shape index (κ2) is 8.30. The van der Waals surface area contributed by atoms with Gasteiger partial charge in [0.1, 0.15) is 6.04 Å². The van der Waals surface area contributed by atoms with E-state index in [1.54, 1.807) is 11.8 Å². The molecule has 0 saturated heterocycles. The molecule has 0 radical (unpaired) electrons. The SMILES string of the molecule is CCCC(NC(=O)NC1CCCCC1SC)C(=O)O. The fourth-order valence-electron chi connectivity index (χ4n) is 2.46. The summed E-state index contributed by atoms with van der Waals surface area (Å²) in [6, 6.07) is -0.993. The Hall–Kier alpha value is -0.910. The largest absolute Gasteiger partial charge is 0.480 e. The number of urea groups is 1. The first-order valence-corrected chi connectivity index (χ1v) is 8.19. The van der Waals surface area contributed by atoms with Gasteiger partial charge in [-0.25, -0.2) is 9.59 Å². The van der Waals surface area contributed by atoms with E-state index < -0.39 is 12.0 Å². The van der Waals surface area contributed by atoms with Gasteiger partial charge in [-0.15, -0.1) is 0 Å². The fourth-order valence-corrected chi connectivity index (χ4v) is 3.39. The van der Waals surface area contributed by atoms with Gasteiger partial charge in [0.2, 0.25) is 0 Å². The second-order valence-electron chi connectivity index (χ2n) is 4.96. The Morgan fingerprint density at radius 3 is 2.63 bits per heavy atom. The summed E-state index contributed by atoms with van der Waals surface area (Å²) in [6.07, 6.45) is 7.67. The normalized spacial score (nSPS) is 24.5. The molecular formula is C13H24N2O3S. The van der Waals surface area contributed by atoms with E-state index in [4.69, 9.17) is 5.11 Å². The van der Waals surface area contributed by atoms with E-state index in [1.165, 1.54) is 6.42 Å². The average molecular weight is 288 g/mol. The van der Waals surface area contributed by atoms with Crippen LogP contribution in [-0.4, -0.2) is 40.7 Å². The minimum Gasteiger partial charge on any atom is -0.480 e. The topological polar surface area (TPSA) is 78.4 Å². The number of amides is 2. The van der Waals surface area contributed by atoms with E-state index in [0.29, 0.717) is 11.7 Å². The molecule has 110 valence electrons. The zero-order chi connectivity index (χ0) is 14.3. The molecule has 2 amide bonds. The minimum absolute atomic E-state index is 0.153. The molecule has 0 aromatic carbocycles. The Kier molecular flexibility index (Phi) is 7.05. The summed E-state index contributed by atoms with van der Waals surface area (Å²) in [5.41, 5.74) is 0. The maximum absolute atomic E-state index is 11.9. The molecule has 1 aliphatic carbocycles. The van der Waals surface area contributed by atoms with Crippen molar-refractivity contribution in [3.63, 3.8) is 0 Å². The number of carboxylic acid groups (broad SMARTS) is 1. The standard InChI is InChI=1S/C13H24N2O3S/c1-3-6-10(12(16)17)15-13(18)14-9-7-4-5-8-11(9)19-2/h9-11H,3-8H2,1-2H3,(H,16,17)(H2,14,15,18). The molecule has 19 heavy (non-hydrogen) atoms. The van der Waals surface area contributed by atoms with Crippen LogP contribution in [0.1, 0.15) is 45.4 Å². The number of carbonyl (C=O) groups excluding carboxylic acids is 1. The van der Waals surface area contributed by atoms with Crippen molar-refractivity contribution in [2.24, 2.45) is 0 Å². The van der Waals surface area contributed by atoms with Crippen LogP contribution in [0.2, 0.25) is 0 Å². The van der Waals surface area contributed by atoms with Crippen molar-refractivity contribution in [1.82, 2.24) is 10.6 Å². The van der Waals surface area contributed by atoms with Crippen LogP contribution in [0, 0.1) is 0 Å². The van der Waals surface area contributed by atoms with E-state index in [-0.39, 0.29) is 12.1 Å². The molecule has 1 saturated carbocycles. The van der Waals surface area contributed by atoms with Crippen molar-refractivity contribution in [1.29, 1.82) is 0 Å². The van der Waals surface area contributed by atoms with Crippen LogP contribution in [0.25, 0.3) is 0 Å². The summed E-state index contributed by atoms with van der Waals surface area (Å²) in [4.78, 5) is 22.9. The van der Waals surface area contributed by atoms with Crippen molar-refractivity contribution in [2.75, 3.05) is 6.26 Å². The highest BCUT2D eigenvalue weighted by Gasteiger charge is 2.27. The third-order valence-electron chi connectivity index (χ3n) is 3.50. The summed E-state index contributed by atoms with van der Waals surface area (Å²) in [6.45, 7) is 1.90. The molecule has 6 heteroatoms. The molecule has 0 spiro atoms. The van der Waals surface area contributed by atoms with E-state index in [0.717, 1.165) is 25.7 Å². The van der Waals surface area contributed by atoms with E-state index in [9.17, 15) is 9.59 Å². The first-order chi connectivity index (χ1) is 9.08. The Labute approximate surface area is 118 Å². The van der Waals surface area contributed by atoms with Gasteiger partial charge >= 0.3 is 12.0 Å². The molecule has 1 aliphatic rings. The summed E-state index contributed by atoms with van der Waals surface area (Å²) in [5, 5.41) is 14.9. The smallest absolute Gasteiger partial charge is 0.326 e. The first-order valence-electron chi connectivity index (χ1n) is 6.91. The summed E-state index contributed by atoms with van der Waals surface area (Å²) < 4.78 is 0. The van der Waals surface area contributed by atoms with Crippen LogP contribution in [0.3, 0.4) is 0 Å². The third kappa shape index (κ3) is 5.30. The van der Waals surface area contributed by atoms with E-state index in [1.807, 2.05) is 6.92 Å². The number of carbonyl (C=O) groups is 2. The van der Waals surface area contributed by atoms with Gasteiger partial charge < -0.3 is 15.7 Å². The van der Waals surface area contributed by atoms with Gasteiger partial charge in [0.25, 0.3) is 0 Å². The number of thioether (sulfide) groups is 1. The third-order valence-corrected chi connectivity index (χ3v) is 4.67. The van der Waals surface area contributed by atoms with Crippen molar-refractivity contribution in [2.45, 2.75) is 62.8 Å². The average Bonchev–Trinajstić information content (AvgIpc) is 2.38. The number of carboxylic acids is 1. The summed E-state index contributed by atoms with van der Waals surface area (Å²) in [7, 11) is 0. The fraction of sp³-hybridized carbons (Fsp3) is 0.846. The van der Waals surface area contributed by atoms with Gasteiger partial charge in [-0.2, -0.15) is 11.8 Å². The molecule has 0 aromatic rings. The lowest BCUT2D eigenvalue weighted by molar-refractivity contribution is -0.139. The van der Waals surface area contributed by atoms with Crippen LogP contribution in [0.15, 0.2) is 0 Å². The van der Waals surface area contributed by atoms with E-state index >= 15 is 0 Å². The number of nitrogens with one attached hydrogen (secondary N) is 2. The molecule has 0 heterocycles. The zero-order valence-corrected chi connectivity index (χ0v) is 12.5. The number of aliphatic carboxylic acids is 1. The van der Waals surface area contributed by atoms with Gasteiger partial charge in [-0.1, -0.05) is 26.2 Å². The molecule has 1 rings (SSSR count). The van der Waals surface area contributed by atoms with Crippen LogP contribution < -0.4 is 10.6 Å². The van der Waals surface area contributed by atoms with Crippen molar-refractivity contribution in [3.8, 4) is 0 Å². The molecule has 3 atom stereocenters. The maximum atomic E-state index is 11.9. The molecule has 1 fully saturated rings. The number of rotatable bonds is 6. The van der Waals surface area contributed by atoms with Gasteiger partial charge in [0.05, 0.1) is 0 Å². The number of hydrogen-bond donors (Lipinski definition) is 3. The summed E-state index contributed by atoms with van der Waals surface area (Å²) >= 11 is 1.77. The van der Waals surface area contributed by atoms with Crippen LogP contribution >= 0.6 is 11.8 Å². The number of hydrogen-bond acceptors (Lipinski definition) is 3. The lowest BCUT2D eigenvalue weighted by atomic mass is 9.95. The molecule has 0 bridgehead atoms. The van der Waals surface area contributed by atoms with Crippen LogP contribution in [0.5, 0.6) is 0 Å². The molecule has 0 aromatic heterocycles. The summed E-state index contributed by atoms with van der Waals surface area (Å²) in [5.74, 6) is -0.970. The quantitative estimate of drug-likeness (QED) is 0.700. The van der Waals surface area contributed by atoms with Crippen LogP contribution in [-0.2, 0) is 4.79 Å². The van der Waals surface area contributed by atoms with Gasteiger partial charge in [0, 0.05) is 11.3 Å². The van der Waals surface area contributed by atoms with E-state index in [2.05, 4.69) is 16.9 Å². The van der Waals surface area contributed by atoms with Gasteiger partial charge in [-0.3, -0.25) is 0 Å². The Morgan fingerprint density at radius 1 is 1.37 bits per heavy atom. The Morgan fingerprint density at radius 2 is 2.05 bits per heavy atom. The van der Waals surface area contributed by atoms with Crippen molar-refractivity contribution >= 4 is 23.8 Å². The molecule has 3 unspecified atom stereocenters. The zero-order valence-electron chi connectivity index (χ0n) is 11.6. The lowest BCUT2D eigenvalue weighted by Crippen LogP contribution is -2.52. The monoisotopic (exact) mass is 288 g/mol. The minimum atomic E-state index is -0.970. The highest BCUT2D eigenvalue weighted by molar-refractivity contribution is 7.99. The van der Waals surface area contributed by atoms with Crippen molar-refractivity contribution in [3.05, 3.63) is 0 Å². The Balaban J connectivity index is 2.46. The van der Waals surface area contributed by atoms with Gasteiger partial charge in [0.15, 0.2) is 0 Å². The lowest BCUT2D eigenvalue weighted by Gasteiger charge is -2.31. The van der Waals surface area contributed by atoms with Crippen LogP contribution in [0.4, 0.5) is 4.79 Å². The molecule has 5 nitrogen and oxygen atoms in total. The Bertz CT molecular complexity index is 312. The highest BCUT2D eigenvalue weighted by Crippen LogP contribution is 2.27.